The molecule has 0 heteroatoms. The second-order valence-electron chi connectivity index (χ2n) is 13.9. The molecule has 0 saturated heterocycles. The van der Waals surface area contributed by atoms with Crippen molar-refractivity contribution < 1.29 is 0 Å². The molecule has 11 aromatic carbocycles. The lowest BCUT2D eigenvalue weighted by atomic mass is 9.79. The molecule has 0 N–H and O–H groups in total. The van der Waals surface area contributed by atoms with Crippen molar-refractivity contribution in [2.75, 3.05) is 0 Å². The first-order chi connectivity index (χ1) is 25.8. The minimum Gasteiger partial charge on any atom is -0.0622 e. The van der Waals surface area contributed by atoms with Gasteiger partial charge < -0.3 is 0 Å². The fraction of sp³-hybridized carbons (Fsp3) is 0. The van der Waals surface area contributed by atoms with Crippen LogP contribution in [0.3, 0.4) is 0 Å². The third-order valence-electron chi connectivity index (χ3n) is 11.2. The average Bonchev–Trinajstić information content (AvgIpc) is 3.22. The number of rotatable bonds is 4. The number of benzene rings is 11. The molecule has 0 unspecified atom stereocenters. The van der Waals surface area contributed by atoms with E-state index in [1.807, 2.05) is 0 Å². The maximum atomic E-state index is 2.37. The molecule has 240 valence electrons. The predicted octanol–water partition coefficient (Wildman–Crippen LogP) is 14.7. The SMILES string of the molecule is c1ccc(-c2cccc(-c3c4ccccc4c4c5c3cccc5c3cccc5c(-c6ccccc6-c6ccccc6)c6ccccc6c4c53)c2)cc1. The summed E-state index contributed by atoms with van der Waals surface area (Å²) in [4.78, 5) is 0. The number of hydrogen-bond donors (Lipinski definition) is 0. The summed E-state index contributed by atoms with van der Waals surface area (Å²) in [6.07, 6.45) is 0. The zero-order chi connectivity index (χ0) is 34.2. The Kier molecular flexibility index (Phi) is 6.35. The van der Waals surface area contributed by atoms with E-state index in [4.69, 9.17) is 0 Å². The van der Waals surface area contributed by atoms with E-state index in [2.05, 4.69) is 194 Å². The van der Waals surface area contributed by atoms with Crippen molar-refractivity contribution in [3.63, 3.8) is 0 Å². The van der Waals surface area contributed by atoms with Gasteiger partial charge in [-0.3, -0.25) is 0 Å². The summed E-state index contributed by atoms with van der Waals surface area (Å²) in [6, 6.07) is 71.6. The van der Waals surface area contributed by atoms with Crippen molar-refractivity contribution in [3.8, 4) is 44.5 Å². The van der Waals surface area contributed by atoms with Gasteiger partial charge in [-0.25, -0.2) is 0 Å². The monoisotopic (exact) mass is 656 g/mol. The van der Waals surface area contributed by atoms with Crippen molar-refractivity contribution in [3.05, 3.63) is 194 Å². The molecule has 0 saturated carbocycles. The molecule has 0 amide bonds. The van der Waals surface area contributed by atoms with Crippen LogP contribution in [0.4, 0.5) is 0 Å². The first kappa shape index (κ1) is 29.0. The molecule has 0 atom stereocenters. The number of fused-ring (bicyclic) bond motifs is 6. The van der Waals surface area contributed by atoms with Crippen LogP contribution < -0.4 is 0 Å². The first-order valence-electron chi connectivity index (χ1n) is 18.1. The Balaban J connectivity index is 1.33. The van der Waals surface area contributed by atoms with Crippen molar-refractivity contribution in [1.82, 2.24) is 0 Å². The largest absolute Gasteiger partial charge is 0.0622 e. The summed E-state index contributed by atoms with van der Waals surface area (Å²) in [6.45, 7) is 0. The highest BCUT2D eigenvalue weighted by atomic mass is 14.3. The van der Waals surface area contributed by atoms with Crippen LogP contribution in [0.1, 0.15) is 0 Å². The second-order valence-corrected chi connectivity index (χ2v) is 13.9. The predicted molar refractivity (Wildman–Crippen MR) is 224 cm³/mol. The summed E-state index contributed by atoms with van der Waals surface area (Å²) in [5, 5.41) is 15.7. The Labute approximate surface area is 302 Å². The van der Waals surface area contributed by atoms with Gasteiger partial charge >= 0.3 is 0 Å². The Bertz CT molecular complexity index is 3150. The van der Waals surface area contributed by atoms with Crippen molar-refractivity contribution in [2.45, 2.75) is 0 Å². The first-order valence-corrected chi connectivity index (χ1v) is 18.1. The molecule has 0 fully saturated rings. The summed E-state index contributed by atoms with van der Waals surface area (Å²) in [5.74, 6) is 0. The van der Waals surface area contributed by atoms with Crippen LogP contribution in [-0.2, 0) is 0 Å². The zero-order valence-corrected chi connectivity index (χ0v) is 28.5. The standard InChI is InChI=1S/C52H32/c1-3-16-33(17-4-1)35-20-13-21-36(32-35)47-39-24-9-11-26-43(39)51-49-41(28-14-30-45(47)49)42-29-15-31-46-48(40-25-10-12-27-44(40)52(51)50(42)46)38-23-8-7-22-37(38)34-18-5-2-6-19-34/h1-32H. The molecule has 0 radical (unpaired) electrons. The van der Waals surface area contributed by atoms with Gasteiger partial charge in [0.2, 0.25) is 0 Å². The molecule has 11 rings (SSSR count). The minimum absolute atomic E-state index is 1.23. The van der Waals surface area contributed by atoms with Gasteiger partial charge in [-0.1, -0.05) is 188 Å². The Hall–Kier alpha value is -6.76. The average molecular weight is 657 g/mol. The van der Waals surface area contributed by atoms with Crippen LogP contribution in [0.5, 0.6) is 0 Å². The fourth-order valence-electron chi connectivity index (χ4n) is 9.08. The van der Waals surface area contributed by atoms with E-state index in [-0.39, 0.29) is 0 Å². The fourth-order valence-corrected chi connectivity index (χ4v) is 9.08. The van der Waals surface area contributed by atoms with Crippen LogP contribution >= 0.6 is 0 Å². The van der Waals surface area contributed by atoms with E-state index in [9.17, 15) is 0 Å². The van der Waals surface area contributed by atoms with Crippen LogP contribution in [0.2, 0.25) is 0 Å². The van der Waals surface area contributed by atoms with Crippen LogP contribution in [0.15, 0.2) is 194 Å². The highest BCUT2D eigenvalue weighted by Crippen LogP contribution is 2.52. The van der Waals surface area contributed by atoms with Gasteiger partial charge in [0.25, 0.3) is 0 Å². The zero-order valence-electron chi connectivity index (χ0n) is 28.5. The van der Waals surface area contributed by atoms with Crippen LogP contribution in [0, 0.1) is 0 Å². The van der Waals surface area contributed by atoms with E-state index in [0.717, 1.165) is 0 Å². The van der Waals surface area contributed by atoms with Gasteiger partial charge in [0.15, 0.2) is 0 Å². The van der Waals surface area contributed by atoms with Gasteiger partial charge in [-0.2, -0.15) is 0 Å². The highest BCUT2D eigenvalue weighted by molar-refractivity contribution is 6.45. The van der Waals surface area contributed by atoms with Gasteiger partial charge in [0, 0.05) is 0 Å². The summed E-state index contributed by atoms with van der Waals surface area (Å²) < 4.78 is 0. The van der Waals surface area contributed by atoms with E-state index < -0.39 is 0 Å². The number of hydrogen-bond acceptors (Lipinski definition) is 0. The maximum Gasteiger partial charge on any atom is -0.000740 e. The molecule has 0 aliphatic heterocycles. The van der Waals surface area contributed by atoms with Gasteiger partial charge in [-0.15, -0.1) is 0 Å². The van der Waals surface area contributed by atoms with Gasteiger partial charge in [-0.05, 0) is 115 Å². The molecule has 0 spiro atoms. The lowest BCUT2D eigenvalue weighted by Crippen LogP contribution is -1.95. The molecule has 0 heterocycles. The molecule has 0 nitrogen and oxygen atoms in total. The molecule has 0 bridgehead atoms. The van der Waals surface area contributed by atoms with E-state index >= 15 is 0 Å². The maximum absolute atomic E-state index is 2.37. The Morgan fingerprint density at radius 3 is 1.21 bits per heavy atom. The van der Waals surface area contributed by atoms with Crippen molar-refractivity contribution in [2.24, 2.45) is 0 Å². The quantitative estimate of drug-likeness (QED) is 0.131. The van der Waals surface area contributed by atoms with Gasteiger partial charge in [0.05, 0.1) is 0 Å². The normalized spacial score (nSPS) is 11.8. The third kappa shape index (κ3) is 4.16. The minimum atomic E-state index is 1.23. The highest BCUT2D eigenvalue weighted by Gasteiger charge is 2.24. The van der Waals surface area contributed by atoms with E-state index in [0.29, 0.717) is 0 Å². The molecule has 0 aliphatic rings. The third-order valence-corrected chi connectivity index (χ3v) is 11.2. The molecule has 52 heavy (non-hydrogen) atoms. The lowest BCUT2D eigenvalue weighted by Gasteiger charge is -2.23. The Morgan fingerprint density at radius 2 is 0.577 bits per heavy atom. The van der Waals surface area contributed by atoms with Crippen molar-refractivity contribution >= 4 is 64.6 Å². The summed E-state index contributed by atoms with van der Waals surface area (Å²) >= 11 is 0. The van der Waals surface area contributed by atoms with E-state index in [1.54, 1.807) is 0 Å². The Morgan fingerprint density at radius 1 is 0.192 bits per heavy atom. The van der Waals surface area contributed by atoms with Crippen LogP contribution in [-0.4, -0.2) is 0 Å². The molecule has 11 aromatic rings. The summed E-state index contributed by atoms with van der Waals surface area (Å²) in [7, 11) is 0. The molecule has 0 aromatic heterocycles. The van der Waals surface area contributed by atoms with Crippen molar-refractivity contribution in [1.29, 1.82) is 0 Å². The van der Waals surface area contributed by atoms with Gasteiger partial charge in [0.1, 0.15) is 0 Å². The van der Waals surface area contributed by atoms with Crippen LogP contribution in [0.25, 0.3) is 109 Å². The smallest absolute Gasteiger partial charge is 0.000740 e. The topological polar surface area (TPSA) is 0 Å². The summed E-state index contributed by atoms with van der Waals surface area (Å²) in [5.41, 5.74) is 10.0. The second kappa shape index (κ2) is 11.4. The molecular formula is C52H32. The lowest BCUT2D eigenvalue weighted by molar-refractivity contribution is 1.61. The van der Waals surface area contributed by atoms with E-state index in [1.165, 1.54) is 109 Å². The molecule has 0 aliphatic carbocycles. The molecular weight excluding hydrogens is 625 g/mol.